The van der Waals surface area contributed by atoms with Crippen molar-refractivity contribution in [3.63, 3.8) is 0 Å². The lowest BCUT2D eigenvalue weighted by Crippen LogP contribution is -2.29. The quantitative estimate of drug-likeness (QED) is 0.102. The zero-order chi connectivity index (χ0) is 34.5. The summed E-state index contributed by atoms with van der Waals surface area (Å²) in [5, 5.41) is 8.46. The molecule has 0 aromatic heterocycles. The molecule has 5 aromatic rings. The molecule has 0 bridgehead atoms. The Kier molecular flexibility index (Phi) is 9.15. The molecule has 0 atom stereocenters. The first-order valence-corrected chi connectivity index (χ1v) is 20.6. The molecule has 0 unspecified atom stereocenters. The van der Waals surface area contributed by atoms with Crippen LogP contribution in [0.4, 0.5) is 0 Å². The summed E-state index contributed by atoms with van der Waals surface area (Å²) in [6.45, 7) is 2.39. The van der Waals surface area contributed by atoms with E-state index in [1.807, 2.05) is 12.1 Å². The average Bonchev–Trinajstić information content (AvgIpc) is 3.17. The summed E-state index contributed by atoms with van der Waals surface area (Å²) in [6.07, 6.45) is 21.1. The van der Waals surface area contributed by atoms with Gasteiger partial charge in [0.2, 0.25) is 0 Å². The number of carbonyl (C=O) groups is 2. The molecule has 0 amide bonds. The van der Waals surface area contributed by atoms with E-state index in [-0.39, 0.29) is 24.1 Å². The SMILES string of the molecule is CC1CCC(C2CCC(OC(=O)c3ccc4c5cccc6c(C(=O)OC7CCC(C8CCCCC8)CC7)ccc(c7cccc3c74)c65)CC2)CC1. The van der Waals surface area contributed by atoms with Crippen LogP contribution in [0, 0.1) is 29.6 Å². The highest BCUT2D eigenvalue weighted by Crippen LogP contribution is 2.44. The number of rotatable bonds is 6. The highest BCUT2D eigenvalue weighted by molar-refractivity contribution is 6.35. The lowest BCUT2D eigenvalue weighted by Gasteiger charge is -2.37. The lowest BCUT2D eigenvalue weighted by molar-refractivity contribution is 0.0108. The number of ether oxygens (including phenoxy) is 2. The second kappa shape index (κ2) is 14.1. The van der Waals surface area contributed by atoms with Gasteiger partial charge in [-0.3, -0.25) is 0 Å². The van der Waals surface area contributed by atoms with Crippen molar-refractivity contribution in [2.45, 2.75) is 128 Å². The topological polar surface area (TPSA) is 52.6 Å². The van der Waals surface area contributed by atoms with Gasteiger partial charge in [0.15, 0.2) is 0 Å². The van der Waals surface area contributed by atoms with Crippen molar-refractivity contribution in [3.8, 4) is 0 Å². The number of benzene rings is 5. The molecular formula is C47H54O4. The Bertz CT molecular complexity index is 2010. The molecule has 9 rings (SSSR count). The highest BCUT2D eigenvalue weighted by atomic mass is 16.5. The van der Waals surface area contributed by atoms with Crippen LogP contribution in [0.15, 0.2) is 60.7 Å². The van der Waals surface area contributed by atoms with Gasteiger partial charge in [0.05, 0.1) is 11.1 Å². The number of esters is 2. The molecule has 5 aromatic carbocycles. The van der Waals surface area contributed by atoms with E-state index in [1.165, 1.54) is 83.5 Å². The molecule has 4 fully saturated rings. The van der Waals surface area contributed by atoms with E-state index in [0.717, 1.165) is 98.4 Å². The Morgan fingerprint density at radius 2 is 0.804 bits per heavy atom. The Morgan fingerprint density at radius 3 is 1.25 bits per heavy atom. The zero-order valence-corrected chi connectivity index (χ0v) is 30.5. The predicted molar refractivity (Wildman–Crippen MR) is 208 cm³/mol. The summed E-state index contributed by atoms with van der Waals surface area (Å²) >= 11 is 0. The fraction of sp³-hybridized carbons (Fsp3) is 0.532. The van der Waals surface area contributed by atoms with Crippen LogP contribution >= 0.6 is 0 Å². The minimum Gasteiger partial charge on any atom is -0.459 e. The average molecular weight is 683 g/mol. The monoisotopic (exact) mass is 682 g/mol. The first-order valence-electron chi connectivity index (χ1n) is 20.6. The van der Waals surface area contributed by atoms with Crippen molar-refractivity contribution in [1.29, 1.82) is 0 Å². The van der Waals surface area contributed by atoms with Gasteiger partial charge in [-0.2, -0.15) is 0 Å². The molecule has 51 heavy (non-hydrogen) atoms. The number of carbonyl (C=O) groups excluding carboxylic acids is 2. The third-order valence-electron chi connectivity index (χ3n) is 14.1. The molecule has 0 heterocycles. The van der Waals surface area contributed by atoms with Gasteiger partial charge in [-0.15, -0.1) is 0 Å². The van der Waals surface area contributed by atoms with Crippen LogP contribution in [0.25, 0.3) is 43.1 Å². The fourth-order valence-corrected chi connectivity index (χ4v) is 11.2. The molecule has 4 aliphatic rings. The molecule has 4 saturated carbocycles. The van der Waals surface area contributed by atoms with Crippen LogP contribution < -0.4 is 0 Å². The molecule has 4 heteroatoms. The van der Waals surface area contributed by atoms with E-state index in [2.05, 4.69) is 55.5 Å². The van der Waals surface area contributed by atoms with Crippen molar-refractivity contribution >= 4 is 55.0 Å². The summed E-state index contributed by atoms with van der Waals surface area (Å²) in [5.41, 5.74) is 1.29. The number of fused-ring (bicyclic) bond motifs is 2. The summed E-state index contributed by atoms with van der Waals surface area (Å²) in [4.78, 5) is 27.6. The highest BCUT2D eigenvalue weighted by Gasteiger charge is 2.33. The number of hydrogen-bond donors (Lipinski definition) is 0. The van der Waals surface area contributed by atoms with Gasteiger partial charge in [0.25, 0.3) is 0 Å². The Morgan fingerprint density at radius 1 is 0.431 bits per heavy atom. The third-order valence-corrected chi connectivity index (χ3v) is 14.1. The van der Waals surface area contributed by atoms with E-state index in [1.54, 1.807) is 0 Å². The Balaban J connectivity index is 0.951. The maximum atomic E-state index is 13.8. The van der Waals surface area contributed by atoms with Crippen LogP contribution in [-0.4, -0.2) is 24.1 Å². The Labute approximate surface area is 303 Å². The summed E-state index contributed by atoms with van der Waals surface area (Å²) < 4.78 is 12.5. The van der Waals surface area contributed by atoms with Gasteiger partial charge >= 0.3 is 11.9 Å². The lowest BCUT2D eigenvalue weighted by atomic mass is 9.71. The molecule has 4 nitrogen and oxygen atoms in total. The zero-order valence-electron chi connectivity index (χ0n) is 30.5. The van der Waals surface area contributed by atoms with Crippen LogP contribution in [0.5, 0.6) is 0 Å². The van der Waals surface area contributed by atoms with E-state index in [0.29, 0.717) is 11.1 Å². The molecule has 0 radical (unpaired) electrons. The molecule has 4 aliphatic carbocycles. The summed E-state index contributed by atoms with van der Waals surface area (Å²) in [6, 6.07) is 20.7. The van der Waals surface area contributed by atoms with Crippen molar-refractivity contribution in [3.05, 3.63) is 71.8 Å². The molecule has 0 N–H and O–H groups in total. The van der Waals surface area contributed by atoms with E-state index in [4.69, 9.17) is 9.47 Å². The third kappa shape index (κ3) is 6.29. The molecule has 0 aliphatic heterocycles. The second-order valence-electron chi connectivity index (χ2n) is 17.1. The van der Waals surface area contributed by atoms with Gasteiger partial charge in [0, 0.05) is 0 Å². The molecule has 0 saturated heterocycles. The summed E-state index contributed by atoms with van der Waals surface area (Å²) in [7, 11) is 0. The van der Waals surface area contributed by atoms with E-state index < -0.39 is 0 Å². The normalized spacial score (nSPS) is 28.0. The minimum atomic E-state index is -0.205. The first kappa shape index (κ1) is 33.2. The van der Waals surface area contributed by atoms with Crippen molar-refractivity contribution in [1.82, 2.24) is 0 Å². The van der Waals surface area contributed by atoms with E-state index in [9.17, 15) is 9.59 Å². The largest absolute Gasteiger partial charge is 0.459 e. The van der Waals surface area contributed by atoms with Crippen molar-refractivity contribution < 1.29 is 19.1 Å². The van der Waals surface area contributed by atoms with Crippen LogP contribution in [0.1, 0.15) is 137 Å². The van der Waals surface area contributed by atoms with Gasteiger partial charge in [-0.25, -0.2) is 9.59 Å². The molecule has 266 valence electrons. The molecular weight excluding hydrogens is 629 g/mol. The maximum Gasteiger partial charge on any atom is 0.339 e. The maximum absolute atomic E-state index is 13.8. The standard InChI is InChI=1S/C47H54O4/c1-29-13-15-31(16-14-29)33-19-23-35(24-20-33)51-47(49)43-28-26-41-36-9-5-11-38-42(27-25-40(44(36)38)37-10-6-12-39(43)45(37)41)46(48)50-34-21-17-32(18-22-34)30-7-3-2-4-8-30/h5-6,9-12,25-35H,2-4,7-8,13-24H2,1H3. The Hall–Kier alpha value is -3.66. The van der Waals surface area contributed by atoms with Crippen LogP contribution in [0.3, 0.4) is 0 Å². The van der Waals surface area contributed by atoms with Gasteiger partial charge in [-0.1, -0.05) is 100 Å². The van der Waals surface area contributed by atoms with Crippen LogP contribution in [0.2, 0.25) is 0 Å². The van der Waals surface area contributed by atoms with Crippen molar-refractivity contribution in [2.24, 2.45) is 29.6 Å². The van der Waals surface area contributed by atoms with Gasteiger partial charge < -0.3 is 9.47 Å². The smallest absolute Gasteiger partial charge is 0.339 e. The summed E-state index contributed by atoms with van der Waals surface area (Å²) in [5.74, 6) is 3.82. The molecule has 0 spiro atoms. The van der Waals surface area contributed by atoms with Crippen molar-refractivity contribution in [2.75, 3.05) is 0 Å². The second-order valence-corrected chi connectivity index (χ2v) is 17.1. The number of hydrogen-bond acceptors (Lipinski definition) is 4. The van der Waals surface area contributed by atoms with Gasteiger partial charge in [-0.05, 0) is 149 Å². The van der Waals surface area contributed by atoms with Crippen LogP contribution in [-0.2, 0) is 9.47 Å². The first-order chi connectivity index (χ1) is 25.0. The predicted octanol–water partition coefficient (Wildman–Crippen LogP) is 12.6. The van der Waals surface area contributed by atoms with E-state index >= 15 is 0 Å². The fourth-order valence-electron chi connectivity index (χ4n) is 11.2. The minimum absolute atomic E-state index is 0.00153. The van der Waals surface area contributed by atoms with Gasteiger partial charge in [0.1, 0.15) is 12.2 Å².